The van der Waals surface area contributed by atoms with E-state index in [1.165, 1.54) is 24.3 Å². The normalized spacial score (nSPS) is 11.3. The average Bonchev–Trinajstić information content (AvgIpc) is 2.71. The van der Waals surface area contributed by atoms with E-state index >= 15 is 0 Å². The molecular formula is C23H22ClFN2O3S. The van der Waals surface area contributed by atoms with E-state index < -0.39 is 28.3 Å². The van der Waals surface area contributed by atoms with Crippen LogP contribution in [0.25, 0.3) is 0 Å². The van der Waals surface area contributed by atoms with Crippen molar-refractivity contribution < 1.29 is 17.6 Å². The Bertz CT molecular complexity index is 1230. The van der Waals surface area contributed by atoms with Crippen molar-refractivity contribution in [2.45, 2.75) is 25.7 Å². The standard InChI is InChI=1S/C23H22ClFN2O3S/c1-15-7-10-19(11-8-15)31(29,30)27(22-6-4-5-16(2)17(22)3)14-23(28)26-18-9-12-21(25)20(24)13-18/h4-13H,14H2,1-3H3,(H,26,28). The first-order chi connectivity index (χ1) is 14.6. The summed E-state index contributed by atoms with van der Waals surface area (Å²) in [6, 6.07) is 15.5. The first-order valence-corrected chi connectivity index (χ1v) is 11.3. The van der Waals surface area contributed by atoms with E-state index in [0.717, 1.165) is 27.1 Å². The van der Waals surface area contributed by atoms with Gasteiger partial charge in [-0.25, -0.2) is 12.8 Å². The molecule has 31 heavy (non-hydrogen) atoms. The van der Waals surface area contributed by atoms with Crippen LogP contribution in [0.1, 0.15) is 16.7 Å². The topological polar surface area (TPSA) is 66.5 Å². The molecule has 0 radical (unpaired) electrons. The molecule has 0 unspecified atom stereocenters. The second kappa shape index (κ2) is 9.08. The Morgan fingerprint density at radius 3 is 2.35 bits per heavy atom. The minimum absolute atomic E-state index is 0.0802. The SMILES string of the molecule is Cc1ccc(S(=O)(=O)N(CC(=O)Nc2ccc(F)c(Cl)c2)c2cccc(C)c2C)cc1. The van der Waals surface area contributed by atoms with Crippen molar-refractivity contribution in [1.82, 2.24) is 0 Å². The van der Waals surface area contributed by atoms with E-state index in [4.69, 9.17) is 11.6 Å². The molecule has 0 aliphatic heterocycles. The Morgan fingerprint density at radius 2 is 1.71 bits per heavy atom. The molecule has 0 aromatic heterocycles. The van der Waals surface area contributed by atoms with Gasteiger partial charge in [0.05, 0.1) is 15.6 Å². The van der Waals surface area contributed by atoms with Gasteiger partial charge in [0.2, 0.25) is 5.91 Å². The monoisotopic (exact) mass is 460 g/mol. The van der Waals surface area contributed by atoms with Crippen molar-refractivity contribution in [2.75, 3.05) is 16.2 Å². The molecule has 0 saturated carbocycles. The number of hydrogen-bond donors (Lipinski definition) is 1. The highest BCUT2D eigenvalue weighted by Crippen LogP contribution is 2.29. The molecule has 8 heteroatoms. The van der Waals surface area contributed by atoms with Gasteiger partial charge in [-0.3, -0.25) is 9.10 Å². The van der Waals surface area contributed by atoms with Crippen molar-refractivity contribution in [3.05, 3.63) is 88.2 Å². The molecule has 1 N–H and O–H groups in total. The average molecular weight is 461 g/mol. The fourth-order valence-corrected chi connectivity index (χ4v) is 4.71. The predicted molar refractivity (Wildman–Crippen MR) is 122 cm³/mol. The van der Waals surface area contributed by atoms with Gasteiger partial charge in [-0.05, 0) is 68.3 Å². The van der Waals surface area contributed by atoms with Crippen LogP contribution in [0, 0.1) is 26.6 Å². The molecule has 0 bridgehead atoms. The van der Waals surface area contributed by atoms with E-state index in [1.54, 1.807) is 31.2 Å². The molecule has 0 heterocycles. The third-order valence-corrected chi connectivity index (χ3v) is 7.01. The summed E-state index contributed by atoms with van der Waals surface area (Å²) in [6.45, 7) is 5.08. The molecular weight excluding hydrogens is 439 g/mol. The number of carbonyl (C=O) groups excluding carboxylic acids is 1. The number of amides is 1. The maximum atomic E-state index is 13.5. The van der Waals surface area contributed by atoms with Gasteiger partial charge in [-0.15, -0.1) is 0 Å². The number of benzene rings is 3. The highest BCUT2D eigenvalue weighted by molar-refractivity contribution is 7.92. The van der Waals surface area contributed by atoms with Crippen molar-refractivity contribution in [3.8, 4) is 0 Å². The number of sulfonamides is 1. The minimum atomic E-state index is -4.03. The maximum absolute atomic E-state index is 13.5. The molecule has 3 rings (SSSR count). The smallest absolute Gasteiger partial charge is 0.264 e. The van der Waals surface area contributed by atoms with Gasteiger partial charge in [0.1, 0.15) is 12.4 Å². The highest BCUT2D eigenvalue weighted by Gasteiger charge is 2.28. The molecule has 1 amide bonds. The second-order valence-corrected chi connectivity index (χ2v) is 9.49. The zero-order chi connectivity index (χ0) is 22.8. The van der Waals surface area contributed by atoms with Crippen LogP contribution in [0.5, 0.6) is 0 Å². The Kier molecular flexibility index (Phi) is 6.67. The number of halogens is 2. The Balaban J connectivity index is 1.99. The summed E-state index contributed by atoms with van der Waals surface area (Å²) in [6.07, 6.45) is 0. The van der Waals surface area contributed by atoms with Crippen LogP contribution in [0.15, 0.2) is 65.6 Å². The molecule has 0 aliphatic carbocycles. The first-order valence-electron chi connectivity index (χ1n) is 9.50. The Morgan fingerprint density at radius 1 is 1.03 bits per heavy atom. The summed E-state index contributed by atoms with van der Waals surface area (Å²) in [7, 11) is -4.03. The van der Waals surface area contributed by atoms with Gasteiger partial charge < -0.3 is 5.32 Å². The van der Waals surface area contributed by atoms with Gasteiger partial charge in [0.25, 0.3) is 10.0 Å². The number of anilines is 2. The van der Waals surface area contributed by atoms with Crippen LogP contribution in [0.4, 0.5) is 15.8 Å². The Hall–Kier alpha value is -2.90. The van der Waals surface area contributed by atoms with E-state index in [-0.39, 0.29) is 15.6 Å². The first kappa shape index (κ1) is 22.8. The lowest BCUT2D eigenvalue weighted by atomic mass is 10.1. The van der Waals surface area contributed by atoms with Crippen LogP contribution in [-0.4, -0.2) is 20.9 Å². The zero-order valence-electron chi connectivity index (χ0n) is 17.3. The summed E-state index contributed by atoms with van der Waals surface area (Å²) in [4.78, 5) is 12.8. The van der Waals surface area contributed by atoms with Gasteiger partial charge in [-0.1, -0.05) is 41.4 Å². The fraction of sp³-hybridized carbons (Fsp3) is 0.174. The molecule has 162 valence electrons. The molecule has 3 aromatic carbocycles. The summed E-state index contributed by atoms with van der Waals surface area (Å²) < 4.78 is 41.4. The number of nitrogens with one attached hydrogen (secondary N) is 1. The van der Waals surface area contributed by atoms with Crippen LogP contribution in [0.3, 0.4) is 0 Å². The van der Waals surface area contributed by atoms with Crippen molar-refractivity contribution in [1.29, 1.82) is 0 Å². The summed E-state index contributed by atoms with van der Waals surface area (Å²) in [5, 5.41) is 2.44. The lowest BCUT2D eigenvalue weighted by Gasteiger charge is -2.26. The van der Waals surface area contributed by atoms with E-state index in [2.05, 4.69) is 5.32 Å². The highest BCUT2D eigenvalue weighted by atomic mass is 35.5. The van der Waals surface area contributed by atoms with Gasteiger partial charge in [-0.2, -0.15) is 0 Å². The number of aryl methyl sites for hydroxylation is 2. The van der Waals surface area contributed by atoms with E-state index in [0.29, 0.717) is 5.69 Å². The zero-order valence-corrected chi connectivity index (χ0v) is 18.9. The van der Waals surface area contributed by atoms with Crippen molar-refractivity contribution in [2.24, 2.45) is 0 Å². The minimum Gasteiger partial charge on any atom is -0.324 e. The molecule has 5 nitrogen and oxygen atoms in total. The predicted octanol–water partition coefficient (Wildman–Crippen LogP) is 5.24. The van der Waals surface area contributed by atoms with Gasteiger partial charge in [0, 0.05) is 5.69 Å². The Labute approximate surface area is 186 Å². The number of nitrogens with zero attached hydrogens (tertiary/aromatic N) is 1. The van der Waals surface area contributed by atoms with Crippen molar-refractivity contribution in [3.63, 3.8) is 0 Å². The molecule has 0 spiro atoms. The number of hydrogen-bond acceptors (Lipinski definition) is 3. The summed E-state index contributed by atoms with van der Waals surface area (Å²) >= 11 is 5.77. The molecule has 3 aromatic rings. The van der Waals surface area contributed by atoms with Gasteiger partial charge in [0.15, 0.2) is 0 Å². The van der Waals surface area contributed by atoms with E-state index in [9.17, 15) is 17.6 Å². The molecule has 0 aliphatic rings. The lowest BCUT2D eigenvalue weighted by Crippen LogP contribution is -2.38. The summed E-state index contributed by atoms with van der Waals surface area (Å²) in [5.74, 6) is -1.20. The van der Waals surface area contributed by atoms with Crippen molar-refractivity contribution >= 4 is 38.9 Å². The number of carbonyl (C=O) groups is 1. The van der Waals surface area contributed by atoms with Crippen LogP contribution in [0.2, 0.25) is 5.02 Å². The largest absolute Gasteiger partial charge is 0.324 e. The fourth-order valence-electron chi connectivity index (χ4n) is 3.05. The quantitative estimate of drug-likeness (QED) is 0.547. The molecule has 0 saturated heterocycles. The van der Waals surface area contributed by atoms with Crippen LogP contribution < -0.4 is 9.62 Å². The second-order valence-electron chi connectivity index (χ2n) is 7.22. The van der Waals surface area contributed by atoms with E-state index in [1.807, 2.05) is 19.9 Å². The van der Waals surface area contributed by atoms with Crippen LogP contribution >= 0.6 is 11.6 Å². The molecule has 0 atom stereocenters. The summed E-state index contributed by atoms with van der Waals surface area (Å²) in [5.41, 5.74) is 3.24. The number of rotatable bonds is 6. The molecule has 0 fully saturated rings. The third kappa shape index (κ3) is 5.06. The van der Waals surface area contributed by atoms with Crippen LogP contribution in [-0.2, 0) is 14.8 Å². The van der Waals surface area contributed by atoms with Gasteiger partial charge >= 0.3 is 0 Å². The maximum Gasteiger partial charge on any atom is 0.264 e. The lowest BCUT2D eigenvalue weighted by molar-refractivity contribution is -0.114. The third-order valence-electron chi connectivity index (χ3n) is 4.94.